The zero-order valence-electron chi connectivity index (χ0n) is 14.8. The van der Waals surface area contributed by atoms with Gasteiger partial charge < -0.3 is 9.80 Å². The normalized spacial score (nSPS) is 24.4. The quantitative estimate of drug-likeness (QED) is 0.718. The zero-order chi connectivity index (χ0) is 17.9. The van der Waals surface area contributed by atoms with E-state index < -0.39 is 11.6 Å². The van der Waals surface area contributed by atoms with E-state index in [0.717, 1.165) is 57.1 Å². The lowest BCUT2D eigenvalue weighted by Crippen LogP contribution is -2.49. The maximum atomic E-state index is 14.0. The molecule has 1 aromatic rings. The minimum Gasteiger partial charge on any atom is -0.338 e. The number of halogens is 2. The lowest BCUT2D eigenvalue weighted by atomic mass is 9.78. The summed E-state index contributed by atoms with van der Waals surface area (Å²) in [6.07, 6.45) is 5.98. The Morgan fingerprint density at radius 1 is 1.24 bits per heavy atom. The van der Waals surface area contributed by atoms with Gasteiger partial charge >= 0.3 is 0 Å². The fourth-order valence-electron chi connectivity index (χ4n) is 4.14. The first-order valence-electron chi connectivity index (χ1n) is 8.99. The summed E-state index contributed by atoms with van der Waals surface area (Å²) >= 11 is 1.85. The van der Waals surface area contributed by atoms with Gasteiger partial charge in [-0.3, -0.25) is 4.79 Å². The number of hydrogen-bond acceptors (Lipinski definition) is 3. The fourth-order valence-corrected chi connectivity index (χ4v) is 4.56. The molecule has 1 aromatic carbocycles. The summed E-state index contributed by atoms with van der Waals surface area (Å²) in [6, 6.07) is 4.18. The summed E-state index contributed by atoms with van der Waals surface area (Å²) in [7, 11) is 0. The van der Waals surface area contributed by atoms with Gasteiger partial charge in [0.05, 0.1) is 5.41 Å². The summed E-state index contributed by atoms with van der Waals surface area (Å²) in [5.74, 6) is -0.421. The highest BCUT2D eigenvalue weighted by molar-refractivity contribution is 7.98. The average Bonchev–Trinajstić information content (AvgIpc) is 3.00. The van der Waals surface area contributed by atoms with E-state index in [1.165, 1.54) is 6.07 Å². The van der Waals surface area contributed by atoms with Gasteiger partial charge in [0.2, 0.25) is 5.91 Å². The molecule has 0 bridgehead atoms. The molecule has 2 aliphatic heterocycles. The molecule has 3 nitrogen and oxygen atoms in total. The second kappa shape index (κ2) is 8.04. The van der Waals surface area contributed by atoms with E-state index in [-0.39, 0.29) is 23.4 Å². The van der Waals surface area contributed by atoms with Crippen LogP contribution in [0.2, 0.25) is 0 Å². The van der Waals surface area contributed by atoms with Crippen molar-refractivity contribution in [1.29, 1.82) is 0 Å². The van der Waals surface area contributed by atoms with Crippen LogP contribution in [0.4, 0.5) is 8.78 Å². The Labute approximate surface area is 152 Å². The standard InChI is InChI=1S/C19H26F2N2OS/c1-25-12-4-9-22-11-8-19(14-22)7-3-10-23(18(19)24)13-15-5-2-6-16(20)17(15)21/h2,5-6H,3-4,7-14H2,1H3. The second-order valence-corrected chi connectivity index (χ2v) is 8.18. The van der Waals surface area contributed by atoms with Gasteiger partial charge in [-0.05, 0) is 56.8 Å². The minimum absolute atomic E-state index is 0.120. The molecule has 25 heavy (non-hydrogen) atoms. The number of carbonyl (C=O) groups is 1. The van der Waals surface area contributed by atoms with Crippen molar-refractivity contribution >= 4 is 17.7 Å². The Morgan fingerprint density at radius 3 is 2.88 bits per heavy atom. The first kappa shape index (κ1) is 18.6. The molecule has 2 fully saturated rings. The first-order chi connectivity index (χ1) is 12.1. The molecule has 2 aliphatic rings. The van der Waals surface area contributed by atoms with Crippen molar-refractivity contribution in [3.63, 3.8) is 0 Å². The molecule has 0 N–H and O–H groups in total. The Bertz CT molecular complexity index is 627. The van der Waals surface area contributed by atoms with Gasteiger partial charge in [-0.1, -0.05) is 12.1 Å². The second-order valence-electron chi connectivity index (χ2n) is 7.20. The number of amides is 1. The maximum Gasteiger partial charge on any atom is 0.230 e. The van der Waals surface area contributed by atoms with Crippen molar-refractivity contribution in [2.45, 2.75) is 32.2 Å². The monoisotopic (exact) mass is 368 g/mol. The molecule has 0 saturated carbocycles. The summed E-state index contributed by atoms with van der Waals surface area (Å²) < 4.78 is 27.4. The number of piperidine rings is 1. The number of hydrogen-bond donors (Lipinski definition) is 0. The summed E-state index contributed by atoms with van der Waals surface area (Å²) in [5.41, 5.74) is -0.0540. The van der Waals surface area contributed by atoms with Gasteiger partial charge in [0.15, 0.2) is 11.6 Å². The van der Waals surface area contributed by atoms with E-state index in [9.17, 15) is 13.6 Å². The molecule has 3 rings (SSSR count). The highest BCUT2D eigenvalue weighted by Gasteiger charge is 2.48. The summed E-state index contributed by atoms with van der Waals surface area (Å²) in [4.78, 5) is 17.2. The molecular formula is C19H26F2N2OS. The average molecular weight is 368 g/mol. The topological polar surface area (TPSA) is 23.6 Å². The molecule has 0 radical (unpaired) electrons. The molecular weight excluding hydrogens is 342 g/mol. The third-order valence-corrected chi connectivity index (χ3v) is 6.17. The predicted molar refractivity (Wildman–Crippen MR) is 97.5 cm³/mol. The van der Waals surface area contributed by atoms with Gasteiger partial charge in [0.25, 0.3) is 0 Å². The minimum atomic E-state index is -0.850. The molecule has 138 valence electrons. The van der Waals surface area contributed by atoms with Crippen LogP contribution in [0.3, 0.4) is 0 Å². The van der Waals surface area contributed by atoms with E-state index >= 15 is 0 Å². The van der Waals surface area contributed by atoms with Crippen LogP contribution in [-0.2, 0) is 11.3 Å². The molecule has 1 spiro atoms. The van der Waals surface area contributed by atoms with E-state index in [1.54, 1.807) is 11.0 Å². The SMILES string of the molecule is CSCCCN1CCC2(CCCN(Cc3cccc(F)c3F)C2=O)C1. The van der Waals surface area contributed by atoms with Crippen LogP contribution in [0.25, 0.3) is 0 Å². The number of nitrogens with zero attached hydrogens (tertiary/aromatic N) is 2. The Balaban J connectivity index is 1.66. The molecule has 2 saturated heterocycles. The number of rotatable bonds is 6. The van der Waals surface area contributed by atoms with Crippen LogP contribution in [-0.4, -0.2) is 53.9 Å². The number of benzene rings is 1. The van der Waals surface area contributed by atoms with Crippen LogP contribution in [0.15, 0.2) is 18.2 Å². The molecule has 6 heteroatoms. The van der Waals surface area contributed by atoms with E-state index in [4.69, 9.17) is 0 Å². The number of thioether (sulfide) groups is 1. The van der Waals surface area contributed by atoms with Gasteiger partial charge in [0.1, 0.15) is 0 Å². The van der Waals surface area contributed by atoms with Crippen molar-refractivity contribution < 1.29 is 13.6 Å². The van der Waals surface area contributed by atoms with Crippen LogP contribution in [0.5, 0.6) is 0 Å². The van der Waals surface area contributed by atoms with Crippen LogP contribution in [0.1, 0.15) is 31.2 Å². The van der Waals surface area contributed by atoms with Crippen molar-refractivity contribution in [2.24, 2.45) is 5.41 Å². The van der Waals surface area contributed by atoms with Crippen molar-refractivity contribution in [2.75, 3.05) is 38.2 Å². The number of carbonyl (C=O) groups excluding carboxylic acids is 1. The van der Waals surface area contributed by atoms with E-state index in [0.29, 0.717) is 6.54 Å². The van der Waals surface area contributed by atoms with Gasteiger partial charge in [-0.2, -0.15) is 11.8 Å². The lowest BCUT2D eigenvalue weighted by Gasteiger charge is -2.39. The van der Waals surface area contributed by atoms with Crippen molar-refractivity contribution in [3.8, 4) is 0 Å². The van der Waals surface area contributed by atoms with Gasteiger partial charge in [-0.15, -0.1) is 0 Å². The summed E-state index contributed by atoms with van der Waals surface area (Å²) in [5, 5.41) is 0. The van der Waals surface area contributed by atoms with Crippen LogP contribution >= 0.6 is 11.8 Å². The first-order valence-corrected chi connectivity index (χ1v) is 10.4. The number of likely N-dealkylation sites (tertiary alicyclic amines) is 2. The third-order valence-electron chi connectivity index (χ3n) is 5.47. The van der Waals surface area contributed by atoms with Gasteiger partial charge in [-0.25, -0.2) is 8.78 Å². The Kier molecular flexibility index (Phi) is 6.00. The maximum absolute atomic E-state index is 14.0. The van der Waals surface area contributed by atoms with Crippen molar-refractivity contribution in [1.82, 2.24) is 9.80 Å². The largest absolute Gasteiger partial charge is 0.338 e. The lowest BCUT2D eigenvalue weighted by molar-refractivity contribution is -0.146. The molecule has 1 amide bonds. The smallest absolute Gasteiger partial charge is 0.230 e. The van der Waals surface area contributed by atoms with Crippen molar-refractivity contribution in [3.05, 3.63) is 35.4 Å². The predicted octanol–water partition coefficient (Wildman–Crippen LogP) is 3.53. The fraction of sp³-hybridized carbons (Fsp3) is 0.632. The molecule has 2 heterocycles. The van der Waals surface area contributed by atoms with E-state index in [2.05, 4.69) is 11.2 Å². The van der Waals surface area contributed by atoms with E-state index in [1.807, 2.05) is 11.8 Å². The molecule has 0 aromatic heterocycles. The van der Waals surface area contributed by atoms with Crippen LogP contribution < -0.4 is 0 Å². The van der Waals surface area contributed by atoms with Gasteiger partial charge in [0, 0.05) is 25.2 Å². The summed E-state index contributed by atoms with van der Waals surface area (Å²) in [6.45, 7) is 3.60. The molecule has 0 aliphatic carbocycles. The third kappa shape index (κ3) is 4.00. The Hall–Kier alpha value is -1.14. The highest BCUT2D eigenvalue weighted by atomic mass is 32.2. The Morgan fingerprint density at radius 2 is 2.08 bits per heavy atom. The zero-order valence-corrected chi connectivity index (χ0v) is 15.6. The highest BCUT2D eigenvalue weighted by Crippen LogP contribution is 2.40. The van der Waals surface area contributed by atoms with Crippen LogP contribution in [0, 0.1) is 17.0 Å². The molecule has 1 atom stereocenters. The molecule has 1 unspecified atom stereocenters.